The molecule has 1 aromatic rings. The third-order valence-corrected chi connectivity index (χ3v) is 2.62. The van der Waals surface area contributed by atoms with Gasteiger partial charge in [0.2, 0.25) is 0 Å². The Kier molecular flexibility index (Phi) is 3.88. The van der Waals surface area contributed by atoms with E-state index in [0.717, 1.165) is 5.82 Å². The first-order chi connectivity index (χ1) is 7.03. The van der Waals surface area contributed by atoms with Crippen LogP contribution in [-0.2, 0) is 11.8 Å². The van der Waals surface area contributed by atoms with Crippen molar-refractivity contribution in [3.8, 4) is 0 Å². The molecule has 0 aromatic carbocycles. The van der Waals surface area contributed by atoms with E-state index in [-0.39, 0.29) is 11.6 Å². The highest BCUT2D eigenvalue weighted by atomic mass is 16.5. The van der Waals surface area contributed by atoms with Crippen molar-refractivity contribution in [2.75, 3.05) is 13.7 Å². The first kappa shape index (κ1) is 12.2. The molecule has 1 aromatic heterocycles. The minimum atomic E-state index is -0.261. The van der Waals surface area contributed by atoms with E-state index < -0.39 is 0 Å². The molecule has 0 aliphatic rings. The molecule has 1 N–H and O–H groups in total. The predicted octanol–water partition coefficient (Wildman–Crippen LogP) is 1.50. The quantitative estimate of drug-likeness (QED) is 0.802. The van der Waals surface area contributed by atoms with Crippen molar-refractivity contribution in [3.05, 3.63) is 18.2 Å². The topological polar surface area (TPSA) is 39.1 Å². The predicted molar refractivity (Wildman–Crippen MR) is 60.7 cm³/mol. The first-order valence-corrected chi connectivity index (χ1v) is 5.31. The van der Waals surface area contributed by atoms with Crippen LogP contribution in [0.4, 0.5) is 0 Å². The number of nitrogens with zero attached hydrogens (tertiary/aromatic N) is 2. The van der Waals surface area contributed by atoms with Gasteiger partial charge in [0.05, 0.1) is 11.6 Å². The molecule has 0 spiro atoms. The van der Waals surface area contributed by atoms with Crippen LogP contribution in [-0.4, -0.2) is 28.8 Å². The number of hydrogen-bond donors (Lipinski definition) is 1. The molecule has 4 heteroatoms. The van der Waals surface area contributed by atoms with Crippen molar-refractivity contribution in [2.24, 2.45) is 7.05 Å². The summed E-state index contributed by atoms with van der Waals surface area (Å²) in [6.45, 7) is 6.86. The van der Waals surface area contributed by atoms with Gasteiger partial charge in [0.15, 0.2) is 0 Å². The molecule has 0 aliphatic carbocycles. The Balaban J connectivity index is 2.93. The van der Waals surface area contributed by atoms with Crippen LogP contribution in [0.2, 0.25) is 0 Å². The summed E-state index contributed by atoms with van der Waals surface area (Å²) >= 11 is 0. The molecule has 1 unspecified atom stereocenters. The molecule has 0 bridgehead atoms. The first-order valence-electron chi connectivity index (χ1n) is 5.31. The summed E-state index contributed by atoms with van der Waals surface area (Å²) < 4.78 is 7.76. The van der Waals surface area contributed by atoms with Gasteiger partial charge in [-0.2, -0.15) is 0 Å². The molecular weight excluding hydrogens is 190 g/mol. The highest BCUT2D eigenvalue weighted by Gasteiger charge is 2.32. The summed E-state index contributed by atoms with van der Waals surface area (Å²) in [5.41, 5.74) is -0.261. The molecule has 0 radical (unpaired) electrons. The van der Waals surface area contributed by atoms with Crippen molar-refractivity contribution in [2.45, 2.75) is 32.4 Å². The van der Waals surface area contributed by atoms with E-state index in [9.17, 15) is 0 Å². The second-order valence-corrected chi connectivity index (χ2v) is 4.15. The zero-order valence-electron chi connectivity index (χ0n) is 10.2. The minimum absolute atomic E-state index is 0.0949. The molecule has 0 fully saturated rings. The Morgan fingerprint density at radius 3 is 2.67 bits per heavy atom. The lowest BCUT2D eigenvalue weighted by molar-refractivity contribution is -0.0400. The fourth-order valence-electron chi connectivity index (χ4n) is 1.90. The van der Waals surface area contributed by atoms with Crippen LogP contribution in [0.3, 0.4) is 0 Å². The fraction of sp³-hybridized carbons (Fsp3) is 0.727. The van der Waals surface area contributed by atoms with Crippen LogP contribution < -0.4 is 5.32 Å². The van der Waals surface area contributed by atoms with Crippen molar-refractivity contribution < 1.29 is 4.74 Å². The summed E-state index contributed by atoms with van der Waals surface area (Å²) in [7, 11) is 3.93. The third-order valence-electron chi connectivity index (χ3n) is 2.62. The van der Waals surface area contributed by atoms with Gasteiger partial charge in [0.1, 0.15) is 5.82 Å². The number of likely N-dealkylation sites (N-methyl/N-ethyl adjacent to an activating group) is 1. The van der Waals surface area contributed by atoms with Crippen LogP contribution in [0.1, 0.15) is 32.6 Å². The number of aromatic nitrogens is 2. The molecule has 0 aliphatic heterocycles. The maximum absolute atomic E-state index is 5.75. The lowest BCUT2D eigenvalue weighted by Gasteiger charge is -2.33. The lowest BCUT2D eigenvalue weighted by Crippen LogP contribution is -2.41. The fourth-order valence-corrected chi connectivity index (χ4v) is 1.90. The van der Waals surface area contributed by atoms with Crippen LogP contribution in [0.25, 0.3) is 0 Å². The minimum Gasteiger partial charge on any atom is -0.374 e. The summed E-state index contributed by atoms with van der Waals surface area (Å²) in [4.78, 5) is 4.36. The molecule has 0 amide bonds. The van der Waals surface area contributed by atoms with E-state index in [4.69, 9.17) is 4.74 Å². The molecule has 0 saturated heterocycles. The zero-order valence-corrected chi connectivity index (χ0v) is 10.2. The Morgan fingerprint density at radius 1 is 1.60 bits per heavy atom. The van der Waals surface area contributed by atoms with Gasteiger partial charge >= 0.3 is 0 Å². The maximum atomic E-state index is 5.75. The van der Waals surface area contributed by atoms with Crippen LogP contribution >= 0.6 is 0 Å². The Morgan fingerprint density at radius 2 is 2.27 bits per heavy atom. The zero-order chi connectivity index (χ0) is 11.5. The van der Waals surface area contributed by atoms with Gasteiger partial charge in [-0.25, -0.2) is 4.98 Å². The van der Waals surface area contributed by atoms with Crippen LogP contribution in [0.5, 0.6) is 0 Å². The average molecular weight is 211 g/mol. The number of ether oxygens (including phenoxy) is 1. The van der Waals surface area contributed by atoms with E-state index in [1.54, 1.807) is 0 Å². The third kappa shape index (κ3) is 2.58. The molecular formula is C11H21N3O. The number of aryl methyl sites for hydroxylation is 1. The second-order valence-electron chi connectivity index (χ2n) is 4.15. The van der Waals surface area contributed by atoms with E-state index in [1.807, 2.05) is 38.0 Å². The summed E-state index contributed by atoms with van der Waals surface area (Å²) in [5.74, 6) is 0.996. The Bertz CT molecular complexity index is 307. The van der Waals surface area contributed by atoms with Gasteiger partial charge in [0, 0.05) is 26.0 Å². The van der Waals surface area contributed by atoms with E-state index >= 15 is 0 Å². The number of imidazole rings is 1. The molecule has 1 rings (SSSR count). The molecule has 1 heterocycles. The van der Waals surface area contributed by atoms with Gasteiger partial charge in [-0.1, -0.05) is 0 Å². The van der Waals surface area contributed by atoms with Crippen molar-refractivity contribution in [1.29, 1.82) is 0 Å². The van der Waals surface area contributed by atoms with E-state index in [2.05, 4.69) is 24.1 Å². The standard InChI is InChI=1S/C11H21N3O/c1-6-15-11(2,3)9(12-4)10-13-7-8-14(10)5/h7-9,12H,6H2,1-5H3. The number of hydrogen-bond acceptors (Lipinski definition) is 3. The van der Waals surface area contributed by atoms with E-state index in [1.165, 1.54) is 0 Å². The normalized spacial score (nSPS) is 14.2. The van der Waals surface area contributed by atoms with Crippen molar-refractivity contribution in [1.82, 2.24) is 14.9 Å². The van der Waals surface area contributed by atoms with Crippen molar-refractivity contribution in [3.63, 3.8) is 0 Å². The molecule has 86 valence electrons. The second kappa shape index (κ2) is 4.77. The molecule has 15 heavy (non-hydrogen) atoms. The summed E-state index contributed by atoms with van der Waals surface area (Å²) in [5, 5.41) is 3.26. The highest BCUT2D eigenvalue weighted by Crippen LogP contribution is 2.27. The maximum Gasteiger partial charge on any atom is 0.128 e. The molecule has 1 atom stereocenters. The summed E-state index contributed by atoms with van der Waals surface area (Å²) in [6.07, 6.45) is 3.75. The van der Waals surface area contributed by atoms with Gasteiger partial charge in [-0.05, 0) is 27.8 Å². The largest absolute Gasteiger partial charge is 0.374 e. The van der Waals surface area contributed by atoms with Gasteiger partial charge < -0.3 is 14.6 Å². The highest BCUT2D eigenvalue weighted by molar-refractivity contribution is 5.04. The van der Waals surface area contributed by atoms with Gasteiger partial charge in [-0.15, -0.1) is 0 Å². The smallest absolute Gasteiger partial charge is 0.128 e. The van der Waals surface area contributed by atoms with Gasteiger partial charge in [0.25, 0.3) is 0 Å². The lowest BCUT2D eigenvalue weighted by atomic mass is 9.98. The number of rotatable bonds is 5. The van der Waals surface area contributed by atoms with Crippen molar-refractivity contribution >= 4 is 0 Å². The molecule has 4 nitrogen and oxygen atoms in total. The van der Waals surface area contributed by atoms with Gasteiger partial charge in [-0.3, -0.25) is 0 Å². The van der Waals surface area contributed by atoms with Crippen LogP contribution in [0.15, 0.2) is 12.4 Å². The Labute approximate surface area is 91.7 Å². The Hall–Kier alpha value is -0.870. The number of nitrogens with one attached hydrogen (secondary N) is 1. The van der Waals surface area contributed by atoms with E-state index in [0.29, 0.717) is 6.61 Å². The summed E-state index contributed by atoms with van der Waals surface area (Å²) in [6, 6.07) is 0.0949. The molecule has 0 saturated carbocycles. The monoisotopic (exact) mass is 211 g/mol. The van der Waals surface area contributed by atoms with Crippen LogP contribution in [0, 0.1) is 0 Å². The average Bonchev–Trinajstić information content (AvgIpc) is 2.53. The SMILES string of the molecule is CCOC(C)(C)C(NC)c1nccn1C.